The molecule has 0 aliphatic heterocycles. The maximum Gasteiger partial charge on any atom is 0.147 e. The summed E-state index contributed by atoms with van der Waals surface area (Å²) in [6.07, 6.45) is 0.823. The van der Waals surface area contributed by atoms with E-state index in [9.17, 15) is 0 Å². The van der Waals surface area contributed by atoms with E-state index in [2.05, 4.69) is 36.4 Å². The third-order valence-corrected chi connectivity index (χ3v) is 10.2. The molecule has 2 nitrogen and oxygen atoms in total. The minimum Gasteiger partial charge on any atom is -0.305 e. The van der Waals surface area contributed by atoms with Crippen LogP contribution < -0.4 is 9.80 Å². The van der Waals surface area contributed by atoms with Crippen molar-refractivity contribution in [3.05, 3.63) is 216 Å². The van der Waals surface area contributed by atoms with E-state index in [1.54, 1.807) is 82.6 Å². The van der Waals surface area contributed by atoms with Gasteiger partial charge in [-0.1, -0.05) is 97.1 Å². The van der Waals surface area contributed by atoms with Gasteiger partial charge in [0.15, 0.2) is 0 Å². The normalized spacial score (nSPS) is 11.6. The van der Waals surface area contributed by atoms with Gasteiger partial charge in [0.2, 0.25) is 0 Å². The molecule has 8 aromatic carbocycles. The van der Waals surface area contributed by atoms with Crippen LogP contribution in [0.3, 0.4) is 0 Å². The summed E-state index contributed by atoms with van der Waals surface area (Å²) in [5, 5.41) is 0. The fourth-order valence-electron chi connectivity index (χ4n) is 7.48. The number of benzene rings is 8. The summed E-state index contributed by atoms with van der Waals surface area (Å²) in [5.41, 5.74) is 11.1. The number of halogens is 4. The van der Waals surface area contributed by atoms with E-state index in [-0.39, 0.29) is 22.7 Å². The molecule has 1 aliphatic rings. The predicted molar refractivity (Wildman–Crippen MR) is 215 cm³/mol. The Balaban J connectivity index is 1.03. The smallest absolute Gasteiger partial charge is 0.147 e. The van der Waals surface area contributed by atoms with Crippen molar-refractivity contribution in [3.63, 3.8) is 0 Å². The number of hydrogen-bond acceptors (Lipinski definition) is 2. The monoisotopic (exact) mass is 724 g/mol. The van der Waals surface area contributed by atoms with Crippen LogP contribution in [0.5, 0.6) is 0 Å². The molecule has 0 aromatic heterocycles. The van der Waals surface area contributed by atoms with Crippen LogP contribution in [0.25, 0.3) is 33.4 Å². The lowest BCUT2D eigenvalue weighted by atomic mass is 9.96. The van der Waals surface area contributed by atoms with E-state index in [0.717, 1.165) is 39.8 Å². The van der Waals surface area contributed by atoms with Crippen LogP contribution in [0.4, 0.5) is 51.7 Å². The van der Waals surface area contributed by atoms with Gasteiger partial charge in [-0.2, -0.15) is 0 Å². The molecular formula is C49H32F4N2. The number of nitrogens with zero attached hydrogens (tertiary/aromatic N) is 2. The Labute approximate surface area is 316 Å². The number of fused-ring (bicyclic) bond motifs is 3. The molecule has 0 saturated carbocycles. The molecule has 0 amide bonds. The highest BCUT2D eigenvalue weighted by atomic mass is 19.1. The minimum atomic E-state index is -0.449. The van der Waals surface area contributed by atoms with E-state index in [0.29, 0.717) is 11.4 Å². The van der Waals surface area contributed by atoms with E-state index < -0.39 is 23.3 Å². The molecule has 0 spiro atoms. The minimum absolute atomic E-state index is 0.257. The fourth-order valence-corrected chi connectivity index (χ4v) is 7.48. The SMILES string of the molecule is Fc1ccccc1N(c1ccc(-c2ccc3c(c2)-c2cc(-c4ccc(N(c5ccccc5F)c5ccccc5F)cc4)ccc2C3)cc1)c1ccccc1F. The largest absolute Gasteiger partial charge is 0.305 e. The van der Waals surface area contributed by atoms with Gasteiger partial charge < -0.3 is 9.80 Å². The molecule has 55 heavy (non-hydrogen) atoms. The maximum absolute atomic E-state index is 15.1. The molecule has 1 aliphatic carbocycles. The first-order valence-electron chi connectivity index (χ1n) is 18.0. The molecule has 0 N–H and O–H groups in total. The van der Waals surface area contributed by atoms with Crippen LogP contribution in [0, 0.1) is 23.3 Å². The molecule has 8 aromatic rings. The van der Waals surface area contributed by atoms with Crippen molar-refractivity contribution in [2.45, 2.75) is 6.42 Å². The van der Waals surface area contributed by atoms with Gasteiger partial charge in [0, 0.05) is 11.4 Å². The van der Waals surface area contributed by atoms with Gasteiger partial charge in [0.05, 0.1) is 22.7 Å². The van der Waals surface area contributed by atoms with Crippen molar-refractivity contribution in [1.29, 1.82) is 0 Å². The third-order valence-electron chi connectivity index (χ3n) is 10.2. The number of hydrogen-bond donors (Lipinski definition) is 0. The summed E-state index contributed by atoms with van der Waals surface area (Å²) in [6, 6.07) is 53.9. The molecule has 0 unspecified atom stereocenters. The van der Waals surface area contributed by atoms with Crippen molar-refractivity contribution in [3.8, 4) is 33.4 Å². The molecule has 0 bridgehead atoms. The van der Waals surface area contributed by atoms with Crippen molar-refractivity contribution < 1.29 is 17.6 Å². The second-order valence-electron chi connectivity index (χ2n) is 13.5. The van der Waals surface area contributed by atoms with Gasteiger partial charge in [0.1, 0.15) is 23.3 Å². The summed E-state index contributed by atoms with van der Waals surface area (Å²) in [5.74, 6) is -1.80. The Kier molecular flexibility index (Phi) is 8.71. The molecular weight excluding hydrogens is 693 g/mol. The van der Waals surface area contributed by atoms with Gasteiger partial charge in [-0.15, -0.1) is 0 Å². The Morgan fingerprint density at radius 2 is 0.600 bits per heavy atom. The van der Waals surface area contributed by atoms with E-state index in [1.807, 2.05) is 48.5 Å². The fraction of sp³-hybridized carbons (Fsp3) is 0.0204. The van der Waals surface area contributed by atoms with Gasteiger partial charge >= 0.3 is 0 Å². The van der Waals surface area contributed by atoms with Crippen molar-refractivity contribution in [1.82, 2.24) is 0 Å². The van der Waals surface area contributed by atoms with Gasteiger partial charge in [-0.05, 0) is 136 Å². The second kappa shape index (κ2) is 14.1. The zero-order valence-corrected chi connectivity index (χ0v) is 29.4. The zero-order chi connectivity index (χ0) is 37.5. The zero-order valence-electron chi connectivity index (χ0n) is 29.4. The summed E-state index contributed by atoms with van der Waals surface area (Å²) in [4.78, 5) is 3.19. The Hall–Kier alpha value is -6.92. The molecule has 6 heteroatoms. The molecule has 0 radical (unpaired) electrons. The van der Waals surface area contributed by atoms with Crippen LogP contribution in [0.1, 0.15) is 11.1 Å². The molecule has 0 atom stereocenters. The van der Waals surface area contributed by atoms with Crippen LogP contribution >= 0.6 is 0 Å². The van der Waals surface area contributed by atoms with Crippen molar-refractivity contribution in [2.24, 2.45) is 0 Å². The lowest BCUT2D eigenvalue weighted by Gasteiger charge is -2.26. The molecule has 0 heterocycles. The first-order valence-corrected chi connectivity index (χ1v) is 18.0. The Morgan fingerprint density at radius 1 is 0.309 bits per heavy atom. The molecule has 9 rings (SSSR count). The van der Waals surface area contributed by atoms with Gasteiger partial charge in [-0.3, -0.25) is 0 Å². The lowest BCUT2D eigenvalue weighted by molar-refractivity contribution is 0.619. The number of rotatable bonds is 8. The van der Waals surface area contributed by atoms with E-state index in [4.69, 9.17) is 0 Å². The Bertz CT molecular complexity index is 2410. The predicted octanol–water partition coefficient (Wildman–Crippen LogP) is 14.1. The molecule has 0 fully saturated rings. The average molecular weight is 725 g/mol. The average Bonchev–Trinajstić information content (AvgIpc) is 3.59. The van der Waals surface area contributed by atoms with Crippen LogP contribution in [-0.2, 0) is 6.42 Å². The number of anilines is 6. The maximum atomic E-state index is 15.1. The topological polar surface area (TPSA) is 6.48 Å². The standard InChI is InChI=1S/C49H32F4N2/c50-42-9-1-5-13-46(42)54(47-14-6-2-10-43(47)51)38-25-21-32(22-26-38)34-17-19-36-29-37-20-18-35(31-41(37)40(36)30-34)33-23-27-39(28-24-33)55(48-15-7-3-11-44(48)52)49-16-8-4-12-45(49)53/h1-28,30-31H,29H2. The first-order chi connectivity index (χ1) is 26.9. The first kappa shape index (κ1) is 33.9. The van der Waals surface area contributed by atoms with E-state index >= 15 is 17.6 Å². The number of para-hydroxylation sites is 4. The van der Waals surface area contributed by atoms with Gasteiger partial charge in [-0.25, -0.2) is 17.6 Å². The van der Waals surface area contributed by atoms with Crippen LogP contribution in [-0.4, -0.2) is 0 Å². The lowest BCUT2D eigenvalue weighted by Crippen LogP contribution is -2.13. The summed E-state index contributed by atoms with van der Waals surface area (Å²) >= 11 is 0. The highest BCUT2D eigenvalue weighted by molar-refractivity contribution is 5.86. The highest BCUT2D eigenvalue weighted by Crippen LogP contribution is 2.43. The highest BCUT2D eigenvalue weighted by Gasteiger charge is 2.23. The van der Waals surface area contributed by atoms with Crippen LogP contribution in [0.15, 0.2) is 182 Å². The van der Waals surface area contributed by atoms with E-state index in [1.165, 1.54) is 35.4 Å². The summed E-state index contributed by atoms with van der Waals surface area (Å²) in [6.45, 7) is 0. The Morgan fingerprint density at radius 3 is 0.909 bits per heavy atom. The molecule has 266 valence electrons. The van der Waals surface area contributed by atoms with Gasteiger partial charge in [0.25, 0.3) is 0 Å². The summed E-state index contributed by atoms with van der Waals surface area (Å²) in [7, 11) is 0. The quantitative estimate of drug-likeness (QED) is 0.144. The van der Waals surface area contributed by atoms with Crippen molar-refractivity contribution in [2.75, 3.05) is 9.80 Å². The van der Waals surface area contributed by atoms with Crippen LogP contribution in [0.2, 0.25) is 0 Å². The summed E-state index contributed by atoms with van der Waals surface area (Å²) < 4.78 is 60.3. The second-order valence-corrected chi connectivity index (χ2v) is 13.5. The molecule has 0 saturated heterocycles. The van der Waals surface area contributed by atoms with Crippen molar-refractivity contribution >= 4 is 34.1 Å². The third kappa shape index (κ3) is 6.32.